The molecule has 1 fully saturated rings. The second kappa shape index (κ2) is 9.33. The van der Waals surface area contributed by atoms with Crippen LogP contribution in [0.3, 0.4) is 0 Å². The standard InChI is InChI=1S/C23H23F2N3O4/c1-3-6-31-19-5-4-15(9-20(19)30-2)22-26-23(32-27-22)16-10-21(29)28(13-16)12-14-7-17(24)11-18(25)8-14/h4-5,7-9,11,16H,3,6,10,12-13H2,1-2H3. The van der Waals surface area contributed by atoms with Crippen LogP contribution < -0.4 is 9.47 Å². The zero-order chi connectivity index (χ0) is 22.7. The Balaban J connectivity index is 1.47. The predicted octanol–water partition coefficient (Wildman–Crippen LogP) is 4.33. The highest BCUT2D eigenvalue weighted by Crippen LogP contribution is 2.33. The Morgan fingerprint density at radius 2 is 1.94 bits per heavy atom. The molecule has 1 saturated heterocycles. The van der Waals surface area contributed by atoms with Gasteiger partial charge in [-0.1, -0.05) is 12.1 Å². The first kappa shape index (κ1) is 21.7. The van der Waals surface area contributed by atoms with E-state index in [9.17, 15) is 13.6 Å². The van der Waals surface area contributed by atoms with Gasteiger partial charge in [0.1, 0.15) is 11.6 Å². The SMILES string of the molecule is CCCOc1ccc(-c2noc(C3CC(=O)N(Cc4cc(F)cc(F)c4)C3)n2)cc1OC. The number of benzene rings is 2. The van der Waals surface area contributed by atoms with Crippen LogP contribution in [0.15, 0.2) is 40.9 Å². The molecule has 1 atom stereocenters. The fourth-order valence-corrected chi connectivity index (χ4v) is 3.67. The number of carbonyl (C=O) groups excluding carboxylic acids is 1. The average molecular weight is 443 g/mol. The molecule has 2 heterocycles. The van der Waals surface area contributed by atoms with E-state index in [0.29, 0.717) is 47.5 Å². The topological polar surface area (TPSA) is 77.7 Å². The van der Waals surface area contributed by atoms with Crippen molar-refractivity contribution in [3.63, 3.8) is 0 Å². The molecule has 1 aliphatic heterocycles. The van der Waals surface area contributed by atoms with Crippen molar-refractivity contribution >= 4 is 5.91 Å². The molecule has 0 bridgehead atoms. The van der Waals surface area contributed by atoms with E-state index in [-0.39, 0.29) is 24.8 Å². The fourth-order valence-electron chi connectivity index (χ4n) is 3.67. The summed E-state index contributed by atoms with van der Waals surface area (Å²) in [5, 5.41) is 4.04. The van der Waals surface area contributed by atoms with E-state index in [1.165, 1.54) is 17.0 Å². The normalized spacial score (nSPS) is 15.9. The van der Waals surface area contributed by atoms with Crippen molar-refractivity contribution in [1.82, 2.24) is 15.0 Å². The minimum Gasteiger partial charge on any atom is -0.493 e. The number of carbonyl (C=O) groups is 1. The average Bonchev–Trinajstić information content (AvgIpc) is 3.39. The van der Waals surface area contributed by atoms with E-state index >= 15 is 0 Å². The molecule has 7 nitrogen and oxygen atoms in total. The highest BCUT2D eigenvalue weighted by molar-refractivity contribution is 5.79. The predicted molar refractivity (Wildman–Crippen MR) is 111 cm³/mol. The summed E-state index contributed by atoms with van der Waals surface area (Å²) in [5.41, 5.74) is 1.08. The lowest BCUT2D eigenvalue weighted by atomic mass is 10.1. The van der Waals surface area contributed by atoms with Crippen LogP contribution in [0.2, 0.25) is 0 Å². The van der Waals surface area contributed by atoms with Gasteiger partial charge in [-0.3, -0.25) is 4.79 Å². The summed E-state index contributed by atoms with van der Waals surface area (Å²) in [6.07, 6.45) is 1.07. The van der Waals surface area contributed by atoms with E-state index in [1.54, 1.807) is 19.2 Å². The Kier molecular flexibility index (Phi) is 6.34. The summed E-state index contributed by atoms with van der Waals surface area (Å²) >= 11 is 0. The molecule has 9 heteroatoms. The highest BCUT2D eigenvalue weighted by Gasteiger charge is 2.34. The van der Waals surface area contributed by atoms with Crippen molar-refractivity contribution in [1.29, 1.82) is 0 Å². The van der Waals surface area contributed by atoms with Gasteiger partial charge in [0.05, 0.1) is 19.6 Å². The van der Waals surface area contributed by atoms with Crippen LogP contribution in [-0.4, -0.2) is 41.2 Å². The first-order valence-electron chi connectivity index (χ1n) is 10.3. The van der Waals surface area contributed by atoms with Gasteiger partial charge in [0.2, 0.25) is 17.6 Å². The smallest absolute Gasteiger partial charge is 0.232 e. The maximum Gasteiger partial charge on any atom is 0.232 e. The van der Waals surface area contributed by atoms with Crippen molar-refractivity contribution in [3.05, 3.63) is 59.5 Å². The molecule has 168 valence electrons. The Labute approximate surface area is 183 Å². The molecule has 32 heavy (non-hydrogen) atoms. The number of ether oxygens (including phenoxy) is 2. The number of halogens is 2. The fraction of sp³-hybridized carbons (Fsp3) is 0.348. The van der Waals surface area contributed by atoms with Crippen molar-refractivity contribution in [3.8, 4) is 22.9 Å². The third kappa shape index (κ3) is 4.71. The minimum atomic E-state index is -0.675. The lowest BCUT2D eigenvalue weighted by Crippen LogP contribution is -2.24. The summed E-state index contributed by atoms with van der Waals surface area (Å²) in [5.74, 6) is 0.122. The summed E-state index contributed by atoms with van der Waals surface area (Å²) in [4.78, 5) is 18.4. The minimum absolute atomic E-state index is 0.113. The number of amides is 1. The molecule has 1 amide bonds. The quantitative estimate of drug-likeness (QED) is 0.516. The molecule has 0 N–H and O–H groups in total. The first-order valence-corrected chi connectivity index (χ1v) is 10.3. The molecule has 1 aromatic heterocycles. The molecule has 0 spiro atoms. The third-order valence-corrected chi connectivity index (χ3v) is 5.18. The molecule has 0 radical (unpaired) electrons. The summed E-state index contributed by atoms with van der Waals surface area (Å²) in [7, 11) is 1.56. The van der Waals surface area contributed by atoms with Gasteiger partial charge < -0.3 is 18.9 Å². The molecule has 2 aromatic carbocycles. The molecule has 0 aliphatic carbocycles. The molecule has 0 saturated carbocycles. The van der Waals surface area contributed by atoms with Gasteiger partial charge in [-0.15, -0.1) is 0 Å². The maximum atomic E-state index is 13.5. The van der Waals surface area contributed by atoms with Crippen LogP contribution in [0, 0.1) is 11.6 Å². The second-order valence-electron chi connectivity index (χ2n) is 7.62. The van der Waals surface area contributed by atoms with E-state index < -0.39 is 11.6 Å². The number of hydrogen-bond donors (Lipinski definition) is 0. The van der Waals surface area contributed by atoms with E-state index in [0.717, 1.165) is 12.5 Å². The zero-order valence-electron chi connectivity index (χ0n) is 17.8. The maximum absolute atomic E-state index is 13.5. The van der Waals surface area contributed by atoms with Crippen LogP contribution >= 0.6 is 0 Å². The molecular formula is C23H23F2N3O4. The Bertz CT molecular complexity index is 1100. The Morgan fingerprint density at radius 1 is 1.16 bits per heavy atom. The van der Waals surface area contributed by atoms with Gasteiger partial charge in [0.25, 0.3) is 0 Å². The van der Waals surface area contributed by atoms with Crippen molar-refractivity contribution in [2.75, 3.05) is 20.3 Å². The third-order valence-electron chi connectivity index (χ3n) is 5.18. The van der Waals surface area contributed by atoms with Gasteiger partial charge in [-0.25, -0.2) is 8.78 Å². The largest absolute Gasteiger partial charge is 0.493 e. The lowest BCUT2D eigenvalue weighted by molar-refractivity contribution is -0.128. The van der Waals surface area contributed by atoms with E-state index in [1.807, 2.05) is 13.0 Å². The van der Waals surface area contributed by atoms with Gasteiger partial charge in [-0.2, -0.15) is 4.98 Å². The number of methoxy groups -OCH3 is 1. The van der Waals surface area contributed by atoms with Crippen molar-refractivity contribution in [2.45, 2.75) is 32.2 Å². The van der Waals surface area contributed by atoms with Crippen LogP contribution in [0.4, 0.5) is 8.78 Å². The highest BCUT2D eigenvalue weighted by atomic mass is 19.1. The van der Waals surface area contributed by atoms with Crippen molar-refractivity contribution < 1.29 is 27.6 Å². The molecule has 3 aromatic rings. The summed E-state index contributed by atoms with van der Waals surface area (Å²) in [6, 6.07) is 8.61. The number of nitrogens with zero attached hydrogens (tertiary/aromatic N) is 3. The summed E-state index contributed by atoms with van der Waals surface area (Å²) < 4.78 is 43.4. The number of likely N-dealkylation sites (tertiary alicyclic amines) is 1. The number of rotatable bonds is 8. The Morgan fingerprint density at radius 3 is 2.66 bits per heavy atom. The molecular weight excluding hydrogens is 420 g/mol. The van der Waals surface area contributed by atoms with Crippen LogP contribution in [0.25, 0.3) is 11.4 Å². The zero-order valence-corrected chi connectivity index (χ0v) is 17.8. The number of hydrogen-bond acceptors (Lipinski definition) is 6. The van der Waals surface area contributed by atoms with E-state index in [2.05, 4.69) is 10.1 Å². The monoisotopic (exact) mass is 443 g/mol. The van der Waals surface area contributed by atoms with Crippen LogP contribution in [-0.2, 0) is 11.3 Å². The van der Waals surface area contributed by atoms with Crippen LogP contribution in [0.1, 0.15) is 37.1 Å². The molecule has 4 rings (SSSR count). The first-order chi connectivity index (χ1) is 15.5. The van der Waals surface area contributed by atoms with E-state index in [4.69, 9.17) is 14.0 Å². The van der Waals surface area contributed by atoms with Crippen LogP contribution in [0.5, 0.6) is 11.5 Å². The molecule has 1 unspecified atom stereocenters. The van der Waals surface area contributed by atoms with Gasteiger partial charge in [0, 0.05) is 31.1 Å². The molecule has 1 aliphatic rings. The Hall–Kier alpha value is -3.49. The lowest BCUT2D eigenvalue weighted by Gasteiger charge is -2.16. The van der Waals surface area contributed by atoms with Gasteiger partial charge in [0.15, 0.2) is 11.5 Å². The van der Waals surface area contributed by atoms with Gasteiger partial charge in [-0.05, 0) is 42.3 Å². The van der Waals surface area contributed by atoms with Crippen molar-refractivity contribution in [2.24, 2.45) is 0 Å². The summed E-state index contributed by atoms with van der Waals surface area (Å²) in [6.45, 7) is 3.04. The second-order valence-corrected chi connectivity index (χ2v) is 7.62. The van der Waals surface area contributed by atoms with Gasteiger partial charge >= 0.3 is 0 Å². The number of aromatic nitrogens is 2.